The molecule has 1 aliphatic rings. The van der Waals surface area contributed by atoms with Crippen molar-refractivity contribution >= 4 is 0 Å². The minimum absolute atomic E-state index is 0.352. The zero-order valence-electron chi connectivity index (χ0n) is 10.4. The van der Waals surface area contributed by atoms with Crippen molar-refractivity contribution in [3.63, 3.8) is 0 Å². The SMILES string of the molecule is CC(C)(C)N1CC(C)(C(C)(C)C)C1. The Kier molecular flexibility index (Phi) is 2.31. The van der Waals surface area contributed by atoms with Gasteiger partial charge in [-0.2, -0.15) is 0 Å². The molecule has 0 N–H and O–H groups in total. The van der Waals surface area contributed by atoms with Crippen LogP contribution in [0.25, 0.3) is 0 Å². The summed E-state index contributed by atoms with van der Waals surface area (Å²) in [5.74, 6) is 0. The van der Waals surface area contributed by atoms with E-state index in [1.165, 1.54) is 13.1 Å². The molecule has 0 spiro atoms. The number of hydrogen-bond donors (Lipinski definition) is 0. The van der Waals surface area contributed by atoms with E-state index in [0.717, 1.165) is 0 Å². The molecule has 0 amide bonds. The van der Waals surface area contributed by atoms with Gasteiger partial charge in [0.2, 0.25) is 0 Å². The molecule has 1 rings (SSSR count). The first-order chi connectivity index (χ1) is 5.56. The minimum atomic E-state index is 0.352. The molecular weight excluding hydrogens is 158 g/mol. The fourth-order valence-electron chi connectivity index (χ4n) is 1.74. The van der Waals surface area contributed by atoms with Gasteiger partial charge in [0.15, 0.2) is 0 Å². The lowest BCUT2D eigenvalue weighted by Crippen LogP contribution is -2.65. The van der Waals surface area contributed by atoms with E-state index < -0.39 is 0 Å². The largest absolute Gasteiger partial charge is 0.297 e. The van der Waals surface area contributed by atoms with Gasteiger partial charge in [0.05, 0.1) is 0 Å². The summed E-state index contributed by atoms with van der Waals surface area (Å²) in [6, 6.07) is 0. The van der Waals surface area contributed by atoms with Gasteiger partial charge >= 0.3 is 0 Å². The molecule has 78 valence electrons. The van der Waals surface area contributed by atoms with Crippen LogP contribution in [0.4, 0.5) is 0 Å². The smallest absolute Gasteiger partial charge is 0.0125 e. The normalized spacial score (nSPS) is 24.2. The van der Waals surface area contributed by atoms with Gasteiger partial charge in [0.25, 0.3) is 0 Å². The van der Waals surface area contributed by atoms with Crippen molar-refractivity contribution < 1.29 is 0 Å². The average molecular weight is 183 g/mol. The van der Waals surface area contributed by atoms with E-state index >= 15 is 0 Å². The molecular formula is C12H25N. The predicted octanol–water partition coefficient (Wildman–Crippen LogP) is 3.15. The first-order valence-electron chi connectivity index (χ1n) is 5.31. The number of rotatable bonds is 0. The zero-order chi connectivity index (χ0) is 10.5. The van der Waals surface area contributed by atoms with Gasteiger partial charge in [-0.3, -0.25) is 4.90 Å². The summed E-state index contributed by atoms with van der Waals surface area (Å²) in [5, 5.41) is 0. The lowest BCUT2D eigenvalue weighted by molar-refractivity contribution is -0.107. The van der Waals surface area contributed by atoms with E-state index in [1.54, 1.807) is 0 Å². The molecule has 1 saturated heterocycles. The van der Waals surface area contributed by atoms with Crippen molar-refractivity contribution in [3.8, 4) is 0 Å². The molecule has 13 heavy (non-hydrogen) atoms. The summed E-state index contributed by atoms with van der Waals surface area (Å²) in [6.45, 7) is 18.9. The summed E-state index contributed by atoms with van der Waals surface area (Å²) in [5.41, 5.74) is 1.31. The van der Waals surface area contributed by atoms with Crippen LogP contribution in [0.3, 0.4) is 0 Å². The Morgan fingerprint density at radius 1 is 0.923 bits per heavy atom. The highest BCUT2D eigenvalue weighted by atomic mass is 15.3. The molecule has 1 nitrogen and oxygen atoms in total. The molecule has 0 aromatic rings. The van der Waals surface area contributed by atoms with Crippen molar-refractivity contribution in [2.24, 2.45) is 10.8 Å². The highest BCUT2D eigenvalue weighted by molar-refractivity contribution is 5.02. The Balaban J connectivity index is 2.58. The fourth-order valence-corrected chi connectivity index (χ4v) is 1.74. The molecule has 1 heterocycles. The van der Waals surface area contributed by atoms with Crippen LogP contribution in [0.15, 0.2) is 0 Å². The van der Waals surface area contributed by atoms with Gasteiger partial charge in [-0.25, -0.2) is 0 Å². The summed E-state index contributed by atoms with van der Waals surface area (Å²) < 4.78 is 0. The number of nitrogens with zero attached hydrogens (tertiary/aromatic N) is 1. The molecule has 0 saturated carbocycles. The van der Waals surface area contributed by atoms with Crippen LogP contribution in [0.1, 0.15) is 48.5 Å². The van der Waals surface area contributed by atoms with Crippen LogP contribution in [0.5, 0.6) is 0 Å². The first kappa shape index (κ1) is 11.0. The monoisotopic (exact) mass is 183 g/mol. The van der Waals surface area contributed by atoms with Gasteiger partial charge < -0.3 is 0 Å². The van der Waals surface area contributed by atoms with E-state index in [0.29, 0.717) is 16.4 Å². The molecule has 0 unspecified atom stereocenters. The first-order valence-corrected chi connectivity index (χ1v) is 5.31. The van der Waals surface area contributed by atoms with Crippen molar-refractivity contribution in [1.29, 1.82) is 0 Å². The molecule has 0 aliphatic carbocycles. The maximum absolute atomic E-state index is 2.57. The van der Waals surface area contributed by atoms with Crippen LogP contribution in [0.2, 0.25) is 0 Å². The van der Waals surface area contributed by atoms with Crippen LogP contribution in [-0.2, 0) is 0 Å². The van der Waals surface area contributed by atoms with Gasteiger partial charge in [-0.1, -0.05) is 27.7 Å². The van der Waals surface area contributed by atoms with Gasteiger partial charge in [0, 0.05) is 18.6 Å². The average Bonchev–Trinajstić information content (AvgIpc) is 1.75. The molecule has 0 aromatic heterocycles. The van der Waals surface area contributed by atoms with E-state index in [2.05, 4.69) is 53.4 Å². The summed E-state index contributed by atoms with van der Waals surface area (Å²) >= 11 is 0. The van der Waals surface area contributed by atoms with Crippen molar-refractivity contribution in [3.05, 3.63) is 0 Å². The third-order valence-electron chi connectivity index (χ3n) is 3.84. The number of likely N-dealkylation sites (tertiary alicyclic amines) is 1. The maximum Gasteiger partial charge on any atom is 0.0125 e. The van der Waals surface area contributed by atoms with Crippen molar-refractivity contribution in [1.82, 2.24) is 4.90 Å². The predicted molar refractivity (Wildman–Crippen MR) is 58.9 cm³/mol. The molecule has 0 aromatic carbocycles. The number of hydrogen-bond acceptors (Lipinski definition) is 1. The van der Waals surface area contributed by atoms with Crippen LogP contribution >= 0.6 is 0 Å². The lowest BCUT2D eigenvalue weighted by atomic mass is 9.62. The quantitative estimate of drug-likeness (QED) is 0.557. The van der Waals surface area contributed by atoms with Crippen LogP contribution in [-0.4, -0.2) is 23.5 Å². The Labute approximate surface area is 83.5 Å². The molecule has 1 heteroatoms. The van der Waals surface area contributed by atoms with E-state index in [1.807, 2.05) is 0 Å². The zero-order valence-corrected chi connectivity index (χ0v) is 10.4. The topological polar surface area (TPSA) is 3.24 Å². The van der Waals surface area contributed by atoms with Gasteiger partial charge in [0.1, 0.15) is 0 Å². The second-order valence-corrected chi connectivity index (χ2v) is 6.84. The molecule has 0 radical (unpaired) electrons. The van der Waals surface area contributed by atoms with Crippen molar-refractivity contribution in [2.75, 3.05) is 13.1 Å². The minimum Gasteiger partial charge on any atom is -0.297 e. The third-order valence-corrected chi connectivity index (χ3v) is 3.84. The second kappa shape index (κ2) is 2.73. The van der Waals surface area contributed by atoms with Crippen LogP contribution < -0.4 is 0 Å². The molecule has 1 fully saturated rings. The van der Waals surface area contributed by atoms with E-state index in [4.69, 9.17) is 0 Å². The highest BCUT2D eigenvalue weighted by Gasteiger charge is 2.49. The maximum atomic E-state index is 2.57. The summed E-state index contributed by atoms with van der Waals surface area (Å²) in [6.07, 6.45) is 0. The third kappa shape index (κ3) is 1.90. The Morgan fingerprint density at radius 3 is 1.54 bits per heavy atom. The summed E-state index contributed by atoms with van der Waals surface area (Å²) in [7, 11) is 0. The highest BCUT2D eigenvalue weighted by Crippen LogP contribution is 2.47. The standard InChI is InChI=1S/C12H25N/c1-10(2,3)12(7)8-13(9-12)11(4,5)6/h8-9H2,1-7H3. The second-order valence-electron chi connectivity index (χ2n) is 6.84. The Morgan fingerprint density at radius 2 is 1.31 bits per heavy atom. The van der Waals surface area contributed by atoms with Crippen molar-refractivity contribution in [2.45, 2.75) is 54.0 Å². The summed E-state index contributed by atoms with van der Waals surface area (Å²) in [4.78, 5) is 2.57. The van der Waals surface area contributed by atoms with E-state index in [-0.39, 0.29) is 0 Å². The molecule has 1 aliphatic heterocycles. The van der Waals surface area contributed by atoms with Crippen LogP contribution in [0, 0.1) is 10.8 Å². The molecule has 0 atom stereocenters. The van der Waals surface area contributed by atoms with Gasteiger partial charge in [-0.05, 0) is 31.6 Å². The van der Waals surface area contributed by atoms with Gasteiger partial charge in [-0.15, -0.1) is 0 Å². The Bertz CT molecular complexity index is 186. The van der Waals surface area contributed by atoms with E-state index in [9.17, 15) is 0 Å². The lowest BCUT2D eigenvalue weighted by Gasteiger charge is -2.60. The molecule has 0 bridgehead atoms. The fraction of sp³-hybridized carbons (Fsp3) is 1.00. The Hall–Kier alpha value is -0.0400.